The lowest BCUT2D eigenvalue weighted by Gasteiger charge is -2.10. The molecule has 0 aliphatic heterocycles. The Bertz CT molecular complexity index is 855. The van der Waals surface area contributed by atoms with Crippen molar-refractivity contribution >= 4 is 22.7 Å². The Kier molecular flexibility index (Phi) is 3.50. The summed E-state index contributed by atoms with van der Waals surface area (Å²) in [5.41, 5.74) is 2.77. The van der Waals surface area contributed by atoms with E-state index in [1.165, 1.54) is 0 Å². The molecule has 112 valence electrons. The van der Waals surface area contributed by atoms with Gasteiger partial charge in [0.25, 0.3) is 11.6 Å². The third-order valence-electron chi connectivity index (χ3n) is 3.34. The number of amides is 1. The van der Waals surface area contributed by atoms with Gasteiger partial charge < -0.3 is 14.6 Å². The molecule has 0 aliphatic rings. The van der Waals surface area contributed by atoms with Crippen LogP contribution in [0.25, 0.3) is 11.1 Å². The van der Waals surface area contributed by atoms with Gasteiger partial charge in [-0.05, 0) is 32.0 Å². The number of nitrogens with one attached hydrogen (secondary N) is 1. The van der Waals surface area contributed by atoms with Crippen LogP contribution in [0.4, 0.5) is 5.69 Å². The molecule has 2 heterocycles. The summed E-state index contributed by atoms with van der Waals surface area (Å²) in [6.45, 7) is 3.58. The molecule has 0 radical (unpaired) electrons. The first-order chi connectivity index (χ1) is 10.6. The number of benzene rings is 1. The summed E-state index contributed by atoms with van der Waals surface area (Å²) in [6, 6.07) is 8.96. The SMILES string of the molecule is COc1ccccc1NC(=O)c1cc(C)nc2onc(C)c12. The minimum Gasteiger partial charge on any atom is -0.495 e. The van der Waals surface area contributed by atoms with Crippen molar-refractivity contribution < 1.29 is 14.1 Å². The zero-order valence-electron chi connectivity index (χ0n) is 12.5. The zero-order chi connectivity index (χ0) is 15.7. The van der Waals surface area contributed by atoms with Crippen LogP contribution in [-0.2, 0) is 0 Å². The topological polar surface area (TPSA) is 77.2 Å². The van der Waals surface area contributed by atoms with Crippen LogP contribution in [0.1, 0.15) is 21.7 Å². The van der Waals surface area contributed by atoms with Crippen LogP contribution >= 0.6 is 0 Å². The van der Waals surface area contributed by atoms with Gasteiger partial charge in [-0.2, -0.15) is 0 Å². The highest BCUT2D eigenvalue weighted by molar-refractivity contribution is 6.12. The summed E-state index contributed by atoms with van der Waals surface area (Å²) in [5, 5.41) is 7.35. The Hall–Kier alpha value is -2.89. The van der Waals surface area contributed by atoms with Gasteiger partial charge in [0.2, 0.25) is 0 Å². The summed E-state index contributed by atoms with van der Waals surface area (Å²) in [5.74, 6) is 0.339. The van der Waals surface area contributed by atoms with E-state index in [4.69, 9.17) is 9.26 Å². The fraction of sp³-hybridized carbons (Fsp3) is 0.188. The van der Waals surface area contributed by atoms with Crippen LogP contribution in [0.2, 0.25) is 0 Å². The molecule has 1 N–H and O–H groups in total. The normalized spacial score (nSPS) is 10.7. The van der Waals surface area contributed by atoms with Crippen molar-refractivity contribution in [3.63, 3.8) is 0 Å². The van der Waals surface area contributed by atoms with Gasteiger partial charge in [0.05, 0.1) is 29.4 Å². The first-order valence-electron chi connectivity index (χ1n) is 6.78. The van der Waals surface area contributed by atoms with Crippen molar-refractivity contribution in [3.8, 4) is 5.75 Å². The highest BCUT2D eigenvalue weighted by Gasteiger charge is 2.18. The molecule has 3 aromatic rings. The third-order valence-corrected chi connectivity index (χ3v) is 3.34. The molecule has 2 aromatic heterocycles. The molecule has 22 heavy (non-hydrogen) atoms. The van der Waals surface area contributed by atoms with Crippen LogP contribution in [0.3, 0.4) is 0 Å². The maximum absolute atomic E-state index is 12.6. The van der Waals surface area contributed by atoms with Crippen LogP contribution in [0.5, 0.6) is 5.75 Å². The molecule has 0 bridgehead atoms. The van der Waals surface area contributed by atoms with E-state index in [9.17, 15) is 4.79 Å². The highest BCUT2D eigenvalue weighted by atomic mass is 16.5. The predicted molar refractivity (Wildman–Crippen MR) is 82.2 cm³/mol. The van der Waals surface area contributed by atoms with Crippen molar-refractivity contribution in [1.82, 2.24) is 10.1 Å². The van der Waals surface area contributed by atoms with Crippen molar-refractivity contribution in [2.24, 2.45) is 0 Å². The lowest BCUT2D eigenvalue weighted by atomic mass is 10.1. The average molecular weight is 297 g/mol. The summed E-state index contributed by atoms with van der Waals surface area (Å²) in [4.78, 5) is 16.9. The number of rotatable bonds is 3. The van der Waals surface area contributed by atoms with Crippen LogP contribution in [0, 0.1) is 13.8 Å². The van der Waals surface area contributed by atoms with Crippen molar-refractivity contribution in [2.45, 2.75) is 13.8 Å². The van der Waals surface area contributed by atoms with Gasteiger partial charge in [-0.15, -0.1) is 0 Å². The number of hydrogen-bond acceptors (Lipinski definition) is 5. The van der Waals surface area contributed by atoms with E-state index in [1.54, 1.807) is 39.2 Å². The molecule has 6 heteroatoms. The number of para-hydroxylation sites is 2. The molecule has 0 aliphatic carbocycles. The smallest absolute Gasteiger partial charge is 0.258 e. The fourth-order valence-corrected chi connectivity index (χ4v) is 2.33. The van der Waals surface area contributed by atoms with Crippen LogP contribution in [-0.4, -0.2) is 23.2 Å². The lowest BCUT2D eigenvalue weighted by Crippen LogP contribution is -2.13. The third kappa shape index (κ3) is 2.39. The van der Waals surface area contributed by atoms with E-state index < -0.39 is 0 Å². The van der Waals surface area contributed by atoms with Gasteiger partial charge in [0.15, 0.2) is 0 Å². The van der Waals surface area contributed by atoms with Crippen LogP contribution < -0.4 is 10.1 Å². The van der Waals surface area contributed by atoms with Gasteiger partial charge in [-0.1, -0.05) is 17.3 Å². The number of hydrogen-bond donors (Lipinski definition) is 1. The fourth-order valence-electron chi connectivity index (χ4n) is 2.33. The van der Waals surface area contributed by atoms with Gasteiger partial charge in [-0.25, -0.2) is 4.98 Å². The molecular formula is C16H15N3O3. The van der Waals surface area contributed by atoms with Gasteiger partial charge in [-0.3, -0.25) is 4.79 Å². The van der Waals surface area contributed by atoms with Crippen molar-refractivity contribution in [3.05, 3.63) is 47.3 Å². The van der Waals surface area contributed by atoms with E-state index in [-0.39, 0.29) is 5.91 Å². The Morgan fingerprint density at radius 3 is 2.82 bits per heavy atom. The minimum atomic E-state index is -0.258. The van der Waals surface area contributed by atoms with Crippen molar-refractivity contribution in [2.75, 3.05) is 12.4 Å². The largest absolute Gasteiger partial charge is 0.495 e. The van der Waals surface area contributed by atoms with E-state index >= 15 is 0 Å². The quantitative estimate of drug-likeness (QED) is 0.803. The van der Waals surface area contributed by atoms with E-state index in [1.807, 2.05) is 12.1 Å². The number of aromatic nitrogens is 2. The second kappa shape index (κ2) is 5.48. The molecule has 3 rings (SSSR count). The first-order valence-corrected chi connectivity index (χ1v) is 6.78. The summed E-state index contributed by atoms with van der Waals surface area (Å²) >= 11 is 0. The Morgan fingerprint density at radius 1 is 1.27 bits per heavy atom. The molecule has 0 atom stereocenters. The first kappa shape index (κ1) is 14.1. The summed E-state index contributed by atoms with van der Waals surface area (Å²) < 4.78 is 10.4. The molecule has 6 nitrogen and oxygen atoms in total. The minimum absolute atomic E-state index is 0.258. The maximum Gasteiger partial charge on any atom is 0.258 e. The number of fused-ring (bicyclic) bond motifs is 1. The average Bonchev–Trinajstić information content (AvgIpc) is 2.88. The Balaban J connectivity index is 2.04. The number of carbonyl (C=O) groups excluding carboxylic acids is 1. The van der Waals surface area contributed by atoms with Crippen LogP contribution in [0.15, 0.2) is 34.9 Å². The molecular weight excluding hydrogens is 282 g/mol. The Morgan fingerprint density at radius 2 is 2.05 bits per heavy atom. The lowest BCUT2D eigenvalue weighted by molar-refractivity contribution is 0.102. The van der Waals surface area contributed by atoms with Gasteiger partial charge in [0.1, 0.15) is 5.75 Å². The second-order valence-corrected chi connectivity index (χ2v) is 4.91. The van der Waals surface area contributed by atoms with Crippen molar-refractivity contribution in [1.29, 1.82) is 0 Å². The second-order valence-electron chi connectivity index (χ2n) is 4.91. The van der Waals surface area contributed by atoms with E-state index in [0.29, 0.717) is 39.5 Å². The maximum atomic E-state index is 12.6. The molecule has 0 spiro atoms. The molecule has 0 unspecified atom stereocenters. The molecule has 0 fully saturated rings. The number of carbonyl (C=O) groups is 1. The van der Waals surface area contributed by atoms with Gasteiger partial charge in [0, 0.05) is 5.69 Å². The highest BCUT2D eigenvalue weighted by Crippen LogP contribution is 2.26. The molecule has 0 saturated carbocycles. The monoisotopic (exact) mass is 297 g/mol. The standard InChI is InChI=1S/C16H15N3O3/c1-9-8-11(14-10(2)19-22-16(14)17-9)15(20)18-12-6-4-5-7-13(12)21-3/h4-8H,1-3H3,(H,18,20). The number of aryl methyl sites for hydroxylation is 2. The number of ether oxygens (including phenoxy) is 1. The summed E-state index contributed by atoms with van der Waals surface area (Å²) in [7, 11) is 1.56. The molecule has 1 aromatic carbocycles. The zero-order valence-corrected chi connectivity index (χ0v) is 12.5. The predicted octanol–water partition coefficient (Wildman–Crippen LogP) is 3.10. The Labute approximate surface area is 127 Å². The van der Waals surface area contributed by atoms with E-state index in [0.717, 1.165) is 0 Å². The van der Waals surface area contributed by atoms with E-state index in [2.05, 4.69) is 15.5 Å². The number of anilines is 1. The number of nitrogens with zero attached hydrogens (tertiary/aromatic N) is 2. The molecule has 0 saturated heterocycles. The molecule has 1 amide bonds. The summed E-state index contributed by atoms with van der Waals surface area (Å²) in [6.07, 6.45) is 0. The number of pyridine rings is 1. The number of methoxy groups -OCH3 is 1. The van der Waals surface area contributed by atoms with Gasteiger partial charge >= 0.3 is 0 Å².